The van der Waals surface area contributed by atoms with E-state index in [0.29, 0.717) is 0 Å². The maximum absolute atomic E-state index is 2.21. The fraction of sp³-hybridized carbons (Fsp3) is 0.154. The largest absolute Gasteiger partial charge is 4.00 e. The fourth-order valence-electron chi connectivity index (χ4n) is 2.98. The molecule has 0 saturated heterocycles. The van der Waals surface area contributed by atoms with E-state index in [4.69, 9.17) is 0 Å². The van der Waals surface area contributed by atoms with E-state index < -0.39 is 0 Å². The number of halogens is 2. The first kappa shape index (κ1) is 27.6. The second-order valence-electron chi connectivity index (χ2n) is 7.09. The summed E-state index contributed by atoms with van der Waals surface area (Å²) in [5.74, 6) is 0. The van der Waals surface area contributed by atoms with E-state index in [1.54, 1.807) is 0 Å². The molecule has 0 amide bonds. The van der Waals surface area contributed by atoms with Crippen molar-refractivity contribution in [1.82, 2.24) is 0 Å². The summed E-state index contributed by atoms with van der Waals surface area (Å²) in [7, 11) is 0. The Morgan fingerprint density at radius 3 is 1.00 bits per heavy atom. The van der Waals surface area contributed by atoms with Crippen LogP contribution < -0.4 is 24.8 Å². The van der Waals surface area contributed by atoms with Gasteiger partial charge in [-0.2, -0.15) is 0 Å². The maximum Gasteiger partial charge on any atom is 4.00 e. The maximum atomic E-state index is 2.21. The van der Waals surface area contributed by atoms with Gasteiger partial charge in [-0.25, -0.2) is 0 Å². The number of rotatable bonds is 2. The molecule has 29 heavy (non-hydrogen) atoms. The Labute approximate surface area is 207 Å². The Balaban J connectivity index is 0.000000490. The second-order valence-corrected chi connectivity index (χ2v) is 7.09. The van der Waals surface area contributed by atoms with Gasteiger partial charge in [-0.05, 0) is 13.8 Å². The van der Waals surface area contributed by atoms with E-state index >= 15 is 0 Å². The zero-order chi connectivity index (χ0) is 18.5. The van der Waals surface area contributed by atoms with Crippen molar-refractivity contribution in [2.24, 2.45) is 0 Å². The summed E-state index contributed by atoms with van der Waals surface area (Å²) in [6.45, 7) is 8.47. The van der Waals surface area contributed by atoms with E-state index in [2.05, 4.69) is 113 Å². The van der Waals surface area contributed by atoms with Gasteiger partial charge >= 0.3 is 26.2 Å². The number of benzene rings is 2. The molecule has 4 rings (SSSR count). The molecule has 3 heteroatoms. The summed E-state index contributed by atoms with van der Waals surface area (Å²) in [4.78, 5) is 0. The van der Waals surface area contributed by atoms with Crippen molar-refractivity contribution in [2.45, 2.75) is 27.7 Å². The minimum atomic E-state index is 0. The third-order valence-electron chi connectivity index (χ3n) is 4.59. The smallest absolute Gasteiger partial charge is 1.00 e. The van der Waals surface area contributed by atoms with Gasteiger partial charge in [0, 0.05) is 0 Å². The van der Waals surface area contributed by atoms with Crippen molar-refractivity contribution in [3.8, 4) is 22.3 Å². The molecule has 148 valence electrons. The molecular formula is C26H26Cl2Zr. The first-order valence-corrected chi connectivity index (χ1v) is 9.12. The zero-order valence-corrected chi connectivity index (χ0v) is 21.3. The number of hydrogen-bond acceptors (Lipinski definition) is 0. The third-order valence-corrected chi connectivity index (χ3v) is 4.59. The predicted octanol–water partition coefficient (Wildman–Crippen LogP) is 1.38. The third kappa shape index (κ3) is 8.09. The van der Waals surface area contributed by atoms with Gasteiger partial charge in [-0.15, -0.1) is 82.9 Å². The Morgan fingerprint density at radius 2 is 0.759 bits per heavy atom. The van der Waals surface area contributed by atoms with Crippen LogP contribution in [0.5, 0.6) is 0 Å². The molecule has 0 heterocycles. The van der Waals surface area contributed by atoms with Crippen molar-refractivity contribution in [3.63, 3.8) is 0 Å². The van der Waals surface area contributed by atoms with Gasteiger partial charge in [0.1, 0.15) is 0 Å². The molecule has 0 aliphatic rings. The average Bonchev–Trinajstić information content (AvgIpc) is 3.25. The van der Waals surface area contributed by atoms with Gasteiger partial charge in [0.2, 0.25) is 0 Å². The average molecular weight is 501 g/mol. The summed E-state index contributed by atoms with van der Waals surface area (Å²) >= 11 is 0. The normalized spacial score (nSPS) is 9.24. The van der Waals surface area contributed by atoms with Crippen LogP contribution in [-0.4, -0.2) is 0 Å². The Bertz CT molecular complexity index is 879. The minimum absolute atomic E-state index is 0. The SMILES string of the molecule is Cc1ccc(-[c-]2ccc(C)c2)cc1.Cc1ccc(-[c-]2ccc(C)c2)cc1.[Cl-].[Cl-].[Zr+4]. The molecule has 0 spiro atoms. The van der Waals surface area contributed by atoms with Gasteiger partial charge in [-0.1, -0.05) is 60.4 Å². The van der Waals surface area contributed by atoms with Crippen LogP contribution in [0.25, 0.3) is 22.3 Å². The zero-order valence-electron chi connectivity index (χ0n) is 17.3. The first-order chi connectivity index (χ1) is 12.5. The van der Waals surface area contributed by atoms with Gasteiger partial charge in [0.15, 0.2) is 0 Å². The van der Waals surface area contributed by atoms with Gasteiger partial charge in [0.25, 0.3) is 0 Å². The summed E-state index contributed by atoms with van der Waals surface area (Å²) in [5, 5.41) is 0. The Kier molecular flexibility index (Phi) is 12.4. The number of aryl methyl sites for hydroxylation is 4. The van der Waals surface area contributed by atoms with Gasteiger partial charge in [0.05, 0.1) is 0 Å². The summed E-state index contributed by atoms with van der Waals surface area (Å²) < 4.78 is 0. The van der Waals surface area contributed by atoms with Crippen LogP contribution in [0.15, 0.2) is 84.9 Å². The molecule has 0 saturated carbocycles. The summed E-state index contributed by atoms with van der Waals surface area (Å²) in [5.41, 5.74) is 10.5. The molecule has 0 aromatic heterocycles. The van der Waals surface area contributed by atoms with Gasteiger partial charge < -0.3 is 24.8 Å². The van der Waals surface area contributed by atoms with Crippen molar-refractivity contribution in [3.05, 3.63) is 107 Å². The van der Waals surface area contributed by atoms with Crippen molar-refractivity contribution in [1.29, 1.82) is 0 Å². The summed E-state index contributed by atoms with van der Waals surface area (Å²) in [6, 6.07) is 30.3. The minimum Gasteiger partial charge on any atom is -1.00 e. The van der Waals surface area contributed by atoms with E-state index in [1.165, 1.54) is 44.5 Å². The molecule has 0 N–H and O–H groups in total. The molecule has 0 radical (unpaired) electrons. The fourth-order valence-corrected chi connectivity index (χ4v) is 2.98. The number of hydrogen-bond donors (Lipinski definition) is 0. The van der Waals surface area contributed by atoms with Crippen molar-refractivity contribution >= 4 is 0 Å². The van der Waals surface area contributed by atoms with Crippen LogP contribution in [0.2, 0.25) is 0 Å². The van der Waals surface area contributed by atoms with Crippen molar-refractivity contribution in [2.75, 3.05) is 0 Å². The molecule has 0 fully saturated rings. The molecule has 0 unspecified atom stereocenters. The molecule has 0 aliphatic carbocycles. The second kappa shape index (κ2) is 13.0. The molecule has 0 bridgehead atoms. The van der Waals surface area contributed by atoms with Crippen LogP contribution in [-0.2, 0) is 26.2 Å². The Morgan fingerprint density at radius 1 is 0.448 bits per heavy atom. The van der Waals surface area contributed by atoms with Crippen LogP contribution in [0.1, 0.15) is 22.3 Å². The van der Waals surface area contributed by atoms with E-state index in [-0.39, 0.29) is 51.0 Å². The van der Waals surface area contributed by atoms with Crippen LogP contribution in [0.4, 0.5) is 0 Å². The van der Waals surface area contributed by atoms with Crippen molar-refractivity contribution < 1.29 is 51.0 Å². The first-order valence-electron chi connectivity index (χ1n) is 9.12. The van der Waals surface area contributed by atoms with E-state index in [0.717, 1.165) is 0 Å². The summed E-state index contributed by atoms with van der Waals surface area (Å²) in [6.07, 6.45) is 0. The quantitative estimate of drug-likeness (QED) is 0.365. The van der Waals surface area contributed by atoms with Crippen LogP contribution >= 0.6 is 0 Å². The van der Waals surface area contributed by atoms with Crippen LogP contribution in [0.3, 0.4) is 0 Å². The van der Waals surface area contributed by atoms with Crippen LogP contribution in [0, 0.1) is 27.7 Å². The standard InChI is InChI=1S/2C13H13.2ClH.Zr/c2*1-10-3-6-12(7-4-10)13-8-5-11(2)9-13;;;/h2*3-9H,1-2H3;2*1H;/q2*-1;;;+4/p-2. The van der Waals surface area contributed by atoms with E-state index in [1.807, 2.05) is 0 Å². The molecular weight excluding hydrogens is 474 g/mol. The molecule has 4 aromatic carbocycles. The molecule has 4 aromatic rings. The molecule has 0 atom stereocenters. The molecule has 0 nitrogen and oxygen atoms in total. The topological polar surface area (TPSA) is 0 Å². The van der Waals surface area contributed by atoms with Gasteiger partial charge in [-0.3, -0.25) is 0 Å². The molecule has 0 aliphatic heterocycles. The predicted molar refractivity (Wildman–Crippen MR) is 114 cm³/mol. The monoisotopic (exact) mass is 498 g/mol. The van der Waals surface area contributed by atoms with E-state index in [9.17, 15) is 0 Å². The Hall–Kier alpha value is -1.40.